The van der Waals surface area contributed by atoms with Gasteiger partial charge in [-0.3, -0.25) is 4.79 Å². The molecule has 0 fully saturated rings. The van der Waals surface area contributed by atoms with E-state index in [9.17, 15) is 4.79 Å². The van der Waals surface area contributed by atoms with Gasteiger partial charge in [0.25, 0.3) is 0 Å². The van der Waals surface area contributed by atoms with Gasteiger partial charge < -0.3 is 0 Å². The van der Waals surface area contributed by atoms with Crippen LogP contribution in [0.1, 0.15) is 16.8 Å². The smallest absolute Gasteiger partial charge is 0.164 e. The molecule has 0 aromatic heterocycles. The van der Waals surface area contributed by atoms with Crippen molar-refractivity contribution in [2.24, 2.45) is 0 Å². The lowest BCUT2D eigenvalue weighted by Crippen LogP contribution is -2.01. The van der Waals surface area contributed by atoms with Gasteiger partial charge in [-0.25, -0.2) is 0 Å². The van der Waals surface area contributed by atoms with Crippen LogP contribution in [0.25, 0.3) is 0 Å². The Balaban J connectivity index is 3.01. The summed E-state index contributed by atoms with van der Waals surface area (Å²) in [7, 11) is 0. The molecule has 0 spiro atoms. The van der Waals surface area contributed by atoms with Crippen LogP contribution in [-0.2, 0) is 0 Å². The number of Topliss-reactive ketones (excluding diaryl/α,β-unsaturated/α-hetero) is 1. The van der Waals surface area contributed by atoms with E-state index in [1.165, 1.54) is 0 Å². The summed E-state index contributed by atoms with van der Waals surface area (Å²) < 4.78 is 0. The van der Waals surface area contributed by atoms with E-state index in [4.69, 9.17) is 11.6 Å². The van der Waals surface area contributed by atoms with Gasteiger partial charge in [-0.15, -0.1) is 11.8 Å². The predicted molar refractivity (Wildman–Crippen MR) is 66.0 cm³/mol. The number of thioether (sulfide) groups is 1. The molecule has 0 amide bonds. The van der Waals surface area contributed by atoms with Gasteiger partial charge in [0.2, 0.25) is 0 Å². The van der Waals surface area contributed by atoms with Crippen molar-refractivity contribution in [3.8, 4) is 0 Å². The van der Waals surface area contributed by atoms with E-state index in [-0.39, 0.29) is 5.78 Å². The molecule has 0 atom stereocenters. The lowest BCUT2D eigenvalue weighted by atomic mass is 10.1. The fourth-order valence-corrected chi connectivity index (χ4v) is 2.36. The molecule has 4 heteroatoms. The van der Waals surface area contributed by atoms with E-state index in [1.807, 2.05) is 12.3 Å². The zero-order chi connectivity index (χ0) is 10.6. The van der Waals surface area contributed by atoms with Gasteiger partial charge >= 0.3 is 0 Å². The molecule has 1 aromatic carbocycles. The van der Waals surface area contributed by atoms with E-state index in [1.54, 1.807) is 23.9 Å². The molecule has 0 aliphatic carbocycles. The van der Waals surface area contributed by atoms with Crippen LogP contribution in [0.5, 0.6) is 0 Å². The maximum atomic E-state index is 11.6. The minimum Gasteiger partial charge on any atom is -0.294 e. The van der Waals surface area contributed by atoms with Crippen molar-refractivity contribution in [2.75, 3.05) is 11.6 Å². The number of halogens is 2. The molecule has 0 aliphatic rings. The summed E-state index contributed by atoms with van der Waals surface area (Å²) >= 11 is 10.6. The fraction of sp³-hybridized carbons (Fsp3) is 0.300. The molecule has 14 heavy (non-hydrogen) atoms. The molecule has 0 aliphatic heterocycles. The van der Waals surface area contributed by atoms with Gasteiger partial charge in [0.05, 0.1) is 0 Å². The molecule has 0 bridgehead atoms. The van der Waals surface area contributed by atoms with Crippen molar-refractivity contribution in [1.29, 1.82) is 0 Å². The van der Waals surface area contributed by atoms with E-state index in [0.717, 1.165) is 10.5 Å². The first-order valence-corrected chi connectivity index (χ1v) is 6.84. The summed E-state index contributed by atoms with van der Waals surface area (Å²) in [4.78, 5) is 12.6. The molecule has 1 nitrogen and oxygen atoms in total. The lowest BCUT2D eigenvalue weighted by Gasteiger charge is -2.05. The highest BCUT2D eigenvalue weighted by molar-refractivity contribution is 9.09. The van der Waals surface area contributed by atoms with Crippen molar-refractivity contribution in [2.45, 2.75) is 11.3 Å². The molecule has 0 saturated carbocycles. The standard InChI is InChI=1S/C10H10BrClOS/c1-14-10-6-7(12)2-3-8(10)9(13)4-5-11/h2-3,6H,4-5H2,1H3. The Kier molecular flexibility index (Phi) is 4.99. The Morgan fingerprint density at radius 1 is 1.57 bits per heavy atom. The van der Waals surface area contributed by atoms with E-state index >= 15 is 0 Å². The first-order chi connectivity index (χ1) is 6.69. The van der Waals surface area contributed by atoms with Crippen LogP contribution in [-0.4, -0.2) is 17.4 Å². The van der Waals surface area contributed by atoms with E-state index < -0.39 is 0 Å². The highest BCUT2D eigenvalue weighted by Crippen LogP contribution is 2.25. The van der Waals surface area contributed by atoms with Crippen molar-refractivity contribution >= 4 is 45.1 Å². The minimum atomic E-state index is 0.155. The molecule has 0 saturated heterocycles. The number of hydrogen-bond acceptors (Lipinski definition) is 2. The molecule has 0 radical (unpaired) electrons. The molecular weight excluding hydrogens is 284 g/mol. The number of hydrogen-bond donors (Lipinski definition) is 0. The van der Waals surface area contributed by atoms with Crippen LogP contribution >= 0.6 is 39.3 Å². The second-order valence-electron chi connectivity index (χ2n) is 2.71. The Hall–Kier alpha value is 0.01000. The number of rotatable bonds is 4. The Bertz CT molecular complexity index is 341. The monoisotopic (exact) mass is 292 g/mol. The summed E-state index contributed by atoms with van der Waals surface area (Å²) in [5.74, 6) is 0.155. The molecule has 0 unspecified atom stereocenters. The third-order valence-electron chi connectivity index (χ3n) is 1.79. The van der Waals surface area contributed by atoms with Gasteiger partial charge in [0.1, 0.15) is 0 Å². The summed E-state index contributed by atoms with van der Waals surface area (Å²) in [6.07, 6.45) is 2.46. The van der Waals surface area contributed by atoms with E-state index in [0.29, 0.717) is 16.8 Å². The summed E-state index contributed by atoms with van der Waals surface area (Å²) in [5.41, 5.74) is 0.765. The molecule has 76 valence electrons. The zero-order valence-corrected chi connectivity index (χ0v) is 10.9. The molecule has 1 aromatic rings. The van der Waals surface area contributed by atoms with Gasteiger partial charge in [-0.2, -0.15) is 0 Å². The Labute approximate surface area is 101 Å². The quantitative estimate of drug-likeness (QED) is 0.474. The zero-order valence-electron chi connectivity index (χ0n) is 7.72. The first kappa shape index (κ1) is 12.1. The number of benzene rings is 1. The minimum absolute atomic E-state index is 0.155. The van der Waals surface area contributed by atoms with Crippen LogP contribution in [0.4, 0.5) is 0 Å². The van der Waals surface area contributed by atoms with Crippen molar-refractivity contribution in [3.63, 3.8) is 0 Å². The predicted octanol–water partition coefficient (Wildman–Crippen LogP) is 4.03. The van der Waals surface area contributed by atoms with Crippen molar-refractivity contribution in [1.82, 2.24) is 0 Å². The Morgan fingerprint density at radius 2 is 2.29 bits per heavy atom. The molecule has 0 heterocycles. The second-order valence-corrected chi connectivity index (χ2v) is 4.78. The highest BCUT2D eigenvalue weighted by Gasteiger charge is 2.10. The molecule has 1 rings (SSSR count). The van der Waals surface area contributed by atoms with Crippen LogP contribution in [0, 0.1) is 0 Å². The largest absolute Gasteiger partial charge is 0.294 e. The Morgan fingerprint density at radius 3 is 2.86 bits per heavy atom. The SMILES string of the molecule is CSc1cc(Cl)ccc1C(=O)CCBr. The second kappa shape index (κ2) is 5.79. The highest BCUT2D eigenvalue weighted by atomic mass is 79.9. The topological polar surface area (TPSA) is 17.1 Å². The maximum Gasteiger partial charge on any atom is 0.164 e. The van der Waals surface area contributed by atoms with Gasteiger partial charge in [0, 0.05) is 27.2 Å². The van der Waals surface area contributed by atoms with Gasteiger partial charge in [-0.05, 0) is 24.5 Å². The van der Waals surface area contributed by atoms with Crippen LogP contribution < -0.4 is 0 Å². The third-order valence-corrected chi connectivity index (χ3v) is 3.19. The van der Waals surface area contributed by atoms with Crippen molar-refractivity contribution in [3.05, 3.63) is 28.8 Å². The summed E-state index contributed by atoms with van der Waals surface area (Å²) in [6, 6.07) is 5.37. The van der Waals surface area contributed by atoms with Crippen molar-refractivity contribution < 1.29 is 4.79 Å². The summed E-state index contributed by atoms with van der Waals surface area (Å²) in [6.45, 7) is 0. The average Bonchev–Trinajstić information content (AvgIpc) is 2.17. The first-order valence-electron chi connectivity index (χ1n) is 4.11. The van der Waals surface area contributed by atoms with Crippen LogP contribution in [0.15, 0.2) is 23.1 Å². The normalized spacial score (nSPS) is 10.2. The van der Waals surface area contributed by atoms with Gasteiger partial charge in [0.15, 0.2) is 5.78 Å². The fourth-order valence-electron chi connectivity index (χ4n) is 1.12. The van der Waals surface area contributed by atoms with Crippen LogP contribution in [0.3, 0.4) is 0 Å². The number of alkyl halides is 1. The third kappa shape index (κ3) is 3.01. The molecular formula is C10H10BrClOS. The summed E-state index contributed by atoms with van der Waals surface area (Å²) in [5, 5.41) is 1.37. The van der Waals surface area contributed by atoms with E-state index in [2.05, 4.69) is 15.9 Å². The lowest BCUT2D eigenvalue weighted by molar-refractivity contribution is 0.0987. The van der Waals surface area contributed by atoms with Gasteiger partial charge in [-0.1, -0.05) is 27.5 Å². The van der Waals surface area contributed by atoms with Crippen LogP contribution in [0.2, 0.25) is 5.02 Å². The molecule has 0 N–H and O–H groups in total. The number of ketones is 1. The number of carbonyl (C=O) groups excluding carboxylic acids is 1. The number of carbonyl (C=O) groups is 1. The average molecular weight is 294 g/mol. The maximum absolute atomic E-state index is 11.6.